The third-order valence-corrected chi connectivity index (χ3v) is 3.15. The number of hydrogen-bond acceptors (Lipinski definition) is 2. The van der Waals surface area contributed by atoms with E-state index in [2.05, 4.69) is 29.7 Å². The van der Waals surface area contributed by atoms with E-state index in [1.807, 2.05) is 23.1 Å². The highest BCUT2D eigenvalue weighted by Crippen LogP contribution is 2.15. The maximum absolute atomic E-state index is 11.8. The number of nitrogens with zero attached hydrogens (tertiary/aromatic N) is 1. The molecule has 1 aromatic carbocycles. The van der Waals surface area contributed by atoms with Crippen LogP contribution in [0.1, 0.15) is 19.8 Å². The highest BCUT2D eigenvalue weighted by Gasteiger charge is 2.25. The van der Waals surface area contributed by atoms with Crippen LogP contribution in [0.3, 0.4) is 0 Å². The van der Waals surface area contributed by atoms with E-state index in [1.165, 1.54) is 0 Å². The van der Waals surface area contributed by atoms with Crippen molar-refractivity contribution in [2.24, 2.45) is 0 Å². The lowest BCUT2D eigenvalue weighted by Gasteiger charge is -2.18. The standard InChI is InChI=1S/C14H21N3O/c1-2-9-15-14(18)17-10-8-13(11-17)16-12-6-4-3-5-7-12/h3-7,13,16H,2,8-11H2,1H3,(H,15,18)/t13-/m1/s1. The summed E-state index contributed by atoms with van der Waals surface area (Å²) in [5, 5.41) is 6.38. The van der Waals surface area contributed by atoms with Crippen LogP contribution < -0.4 is 10.6 Å². The summed E-state index contributed by atoms with van der Waals surface area (Å²) in [6.45, 7) is 4.43. The van der Waals surface area contributed by atoms with Crippen molar-refractivity contribution in [3.63, 3.8) is 0 Å². The van der Waals surface area contributed by atoms with E-state index in [4.69, 9.17) is 0 Å². The van der Waals surface area contributed by atoms with Crippen molar-refractivity contribution >= 4 is 11.7 Å². The molecule has 1 atom stereocenters. The van der Waals surface area contributed by atoms with Crippen molar-refractivity contribution in [1.82, 2.24) is 10.2 Å². The van der Waals surface area contributed by atoms with Gasteiger partial charge in [-0.3, -0.25) is 0 Å². The van der Waals surface area contributed by atoms with Crippen molar-refractivity contribution in [3.05, 3.63) is 30.3 Å². The van der Waals surface area contributed by atoms with Gasteiger partial charge in [0, 0.05) is 31.4 Å². The number of amides is 2. The summed E-state index contributed by atoms with van der Waals surface area (Å²) < 4.78 is 0. The molecule has 98 valence electrons. The van der Waals surface area contributed by atoms with Crippen LogP contribution in [0.5, 0.6) is 0 Å². The number of carbonyl (C=O) groups is 1. The molecule has 1 aliphatic rings. The highest BCUT2D eigenvalue weighted by molar-refractivity contribution is 5.74. The Labute approximate surface area is 108 Å². The molecule has 1 saturated heterocycles. The van der Waals surface area contributed by atoms with Crippen LogP contribution in [-0.2, 0) is 0 Å². The van der Waals surface area contributed by atoms with Crippen LogP contribution in [-0.4, -0.2) is 36.6 Å². The van der Waals surface area contributed by atoms with E-state index in [-0.39, 0.29) is 6.03 Å². The van der Waals surface area contributed by atoms with Crippen LogP contribution in [0.15, 0.2) is 30.3 Å². The summed E-state index contributed by atoms with van der Waals surface area (Å²) in [7, 11) is 0. The number of hydrogen-bond donors (Lipinski definition) is 2. The first kappa shape index (κ1) is 12.7. The van der Waals surface area contributed by atoms with Gasteiger partial charge in [-0.15, -0.1) is 0 Å². The Hall–Kier alpha value is -1.71. The maximum Gasteiger partial charge on any atom is 0.317 e. The smallest absolute Gasteiger partial charge is 0.317 e. The Morgan fingerprint density at radius 2 is 2.17 bits per heavy atom. The molecule has 4 heteroatoms. The van der Waals surface area contributed by atoms with E-state index in [0.717, 1.165) is 38.2 Å². The number of urea groups is 1. The van der Waals surface area contributed by atoms with Crippen LogP contribution >= 0.6 is 0 Å². The Morgan fingerprint density at radius 1 is 1.39 bits per heavy atom. The molecule has 1 aromatic rings. The molecule has 0 bridgehead atoms. The van der Waals surface area contributed by atoms with E-state index in [0.29, 0.717) is 6.04 Å². The fraction of sp³-hybridized carbons (Fsp3) is 0.500. The van der Waals surface area contributed by atoms with Crippen molar-refractivity contribution in [2.75, 3.05) is 25.0 Å². The van der Waals surface area contributed by atoms with Gasteiger partial charge in [0.05, 0.1) is 0 Å². The average molecular weight is 247 g/mol. The molecule has 0 aliphatic carbocycles. The first-order valence-corrected chi connectivity index (χ1v) is 6.64. The molecule has 0 spiro atoms. The minimum atomic E-state index is 0.0641. The molecule has 0 saturated carbocycles. The molecule has 0 unspecified atom stereocenters. The number of anilines is 1. The van der Waals surface area contributed by atoms with Gasteiger partial charge in [0.2, 0.25) is 0 Å². The summed E-state index contributed by atoms with van der Waals surface area (Å²) in [5.74, 6) is 0. The second kappa shape index (κ2) is 6.28. The number of nitrogens with one attached hydrogen (secondary N) is 2. The SMILES string of the molecule is CCCNC(=O)N1CC[C@@H](Nc2ccccc2)C1. The minimum Gasteiger partial charge on any atom is -0.380 e. The van der Waals surface area contributed by atoms with E-state index in [1.54, 1.807) is 0 Å². The molecule has 2 N–H and O–H groups in total. The lowest BCUT2D eigenvalue weighted by Crippen LogP contribution is -2.39. The van der Waals surface area contributed by atoms with E-state index >= 15 is 0 Å². The van der Waals surface area contributed by atoms with Gasteiger partial charge in [0.1, 0.15) is 0 Å². The molecular formula is C14H21N3O. The zero-order valence-electron chi connectivity index (χ0n) is 10.9. The summed E-state index contributed by atoms with van der Waals surface area (Å²) in [6, 6.07) is 10.6. The van der Waals surface area contributed by atoms with Crippen LogP contribution in [0.2, 0.25) is 0 Å². The molecule has 2 amide bonds. The van der Waals surface area contributed by atoms with Crippen molar-refractivity contribution in [3.8, 4) is 0 Å². The highest BCUT2D eigenvalue weighted by atomic mass is 16.2. The fourth-order valence-corrected chi connectivity index (χ4v) is 2.18. The van der Waals surface area contributed by atoms with Gasteiger partial charge < -0.3 is 15.5 Å². The zero-order valence-corrected chi connectivity index (χ0v) is 10.9. The van der Waals surface area contributed by atoms with Crippen LogP contribution in [0.25, 0.3) is 0 Å². The van der Waals surface area contributed by atoms with Gasteiger partial charge in [0.25, 0.3) is 0 Å². The molecule has 2 rings (SSSR count). The fourth-order valence-electron chi connectivity index (χ4n) is 2.18. The van der Waals surface area contributed by atoms with Crippen LogP contribution in [0.4, 0.5) is 10.5 Å². The monoisotopic (exact) mass is 247 g/mol. The summed E-state index contributed by atoms with van der Waals surface area (Å²) in [4.78, 5) is 13.7. The van der Waals surface area contributed by atoms with Crippen LogP contribution in [0, 0.1) is 0 Å². The predicted molar refractivity (Wildman–Crippen MR) is 73.7 cm³/mol. The Kier molecular flexibility index (Phi) is 4.45. The molecule has 1 aliphatic heterocycles. The maximum atomic E-state index is 11.8. The summed E-state index contributed by atoms with van der Waals surface area (Å²) in [6.07, 6.45) is 1.99. The van der Waals surface area contributed by atoms with Gasteiger partial charge in [0.15, 0.2) is 0 Å². The summed E-state index contributed by atoms with van der Waals surface area (Å²) >= 11 is 0. The van der Waals surface area contributed by atoms with Gasteiger partial charge in [-0.1, -0.05) is 25.1 Å². The number of para-hydroxylation sites is 1. The number of rotatable bonds is 4. The van der Waals surface area contributed by atoms with Crippen molar-refractivity contribution in [2.45, 2.75) is 25.8 Å². The molecule has 0 aromatic heterocycles. The molecular weight excluding hydrogens is 226 g/mol. The lowest BCUT2D eigenvalue weighted by atomic mass is 10.2. The Balaban J connectivity index is 1.80. The van der Waals surface area contributed by atoms with E-state index < -0.39 is 0 Å². The quantitative estimate of drug-likeness (QED) is 0.857. The normalized spacial score (nSPS) is 18.7. The number of carbonyl (C=O) groups excluding carboxylic acids is 1. The third kappa shape index (κ3) is 3.39. The van der Waals surface area contributed by atoms with Crippen molar-refractivity contribution < 1.29 is 4.79 Å². The minimum absolute atomic E-state index is 0.0641. The zero-order chi connectivity index (χ0) is 12.8. The first-order valence-electron chi connectivity index (χ1n) is 6.64. The Morgan fingerprint density at radius 3 is 2.89 bits per heavy atom. The van der Waals surface area contributed by atoms with Gasteiger partial charge in [-0.2, -0.15) is 0 Å². The average Bonchev–Trinajstić information content (AvgIpc) is 2.86. The van der Waals surface area contributed by atoms with Gasteiger partial charge in [-0.25, -0.2) is 4.79 Å². The van der Waals surface area contributed by atoms with E-state index in [9.17, 15) is 4.79 Å². The summed E-state index contributed by atoms with van der Waals surface area (Å²) in [5.41, 5.74) is 1.12. The first-order chi connectivity index (χ1) is 8.79. The van der Waals surface area contributed by atoms with Crippen molar-refractivity contribution in [1.29, 1.82) is 0 Å². The third-order valence-electron chi connectivity index (χ3n) is 3.15. The second-order valence-electron chi connectivity index (χ2n) is 4.67. The lowest BCUT2D eigenvalue weighted by molar-refractivity contribution is 0.208. The number of likely N-dealkylation sites (tertiary alicyclic amines) is 1. The largest absolute Gasteiger partial charge is 0.380 e. The molecule has 1 heterocycles. The molecule has 1 fully saturated rings. The molecule has 0 radical (unpaired) electrons. The molecule has 18 heavy (non-hydrogen) atoms. The Bertz CT molecular complexity index is 380. The number of benzene rings is 1. The van der Waals surface area contributed by atoms with Gasteiger partial charge in [-0.05, 0) is 25.0 Å². The predicted octanol–water partition coefficient (Wildman–Crippen LogP) is 2.29. The van der Waals surface area contributed by atoms with Gasteiger partial charge >= 0.3 is 6.03 Å². The topological polar surface area (TPSA) is 44.4 Å². The molecule has 4 nitrogen and oxygen atoms in total. The second-order valence-corrected chi connectivity index (χ2v) is 4.67.